The Labute approximate surface area is 264 Å². The first-order chi connectivity index (χ1) is 21.2. The molecular weight excluding hydrogens is 569 g/mol. The van der Waals surface area contributed by atoms with Crippen LogP contribution in [0.25, 0.3) is 10.9 Å². The van der Waals surface area contributed by atoms with E-state index in [0.29, 0.717) is 19.3 Å². The van der Waals surface area contributed by atoms with Gasteiger partial charge in [0.05, 0.1) is 29.6 Å². The molecule has 0 saturated carbocycles. The molecule has 3 aliphatic heterocycles. The third kappa shape index (κ3) is 7.38. The number of piperidine rings is 1. The summed E-state index contributed by atoms with van der Waals surface area (Å²) in [5.74, 6) is 1.08. The molecule has 3 aromatic rings. The van der Waals surface area contributed by atoms with Crippen molar-refractivity contribution in [1.82, 2.24) is 29.5 Å². The molecule has 2 fully saturated rings. The molecule has 10 nitrogen and oxygen atoms in total. The van der Waals surface area contributed by atoms with Crippen LogP contribution in [0.4, 0.5) is 11.5 Å². The van der Waals surface area contributed by atoms with Gasteiger partial charge in [0.25, 0.3) is 0 Å². The van der Waals surface area contributed by atoms with Crippen molar-refractivity contribution in [3.63, 3.8) is 0 Å². The quantitative estimate of drug-likeness (QED) is 0.225. The van der Waals surface area contributed by atoms with Crippen LogP contribution >= 0.6 is 0 Å². The van der Waals surface area contributed by atoms with Crippen LogP contribution in [-0.4, -0.2) is 110 Å². The van der Waals surface area contributed by atoms with Gasteiger partial charge in [0.1, 0.15) is 19.2 Å². The van der Waals surface area contributed by atoms with E-state index < -0.39 is 8.07 Å². The highest BCUT2D eigenvalue weighted by molar-refractivity contribution is 6.76. The average molecular weight is 621 g/mol. The summed E-state index contributed by atoms with van der Waals surface area (Å²) in [5.41, 5.74) is 5.99. The van der Waals surface area contributed by atoms with Crippen LogP contribution in [0.5, 0.6) is 6.01 Å². The van der Waals surface area contributed by atoms with Gasteiger partial charge in [-0.15, -0.1) is 0 Å². The normalized spacial score (nSPS) is 18.7. The number of rotatable bonds is 11. The van der Waals surface area contributed by atoms with Gasteiger partial charge in [-0.3, -0.25) is 4.90 Å². The van der Waals surface area contributed by atoms with E-state index in [9.17, 15) is 0 Å². The number of aryl methyl sites for hydroxylation is 1. The van der Waals surface area contributed by atoms with Gasteiger partial charge in [-0.05, 0) is 64.0 Å². The van der Waals surface area contributed by atoms with Crippen LogP contribution in [0.3, 0.4) is 0 Å². The lowest BCUT2D eigenvalue weighted by Crippen LogP contribution is -2.46. The summed E-state index contributed by atoms with van der Waals surface area (Å²) in [5, 5.41) is 5.93. The molecule has 0 aliphatic carbocycles. The molecule has 2 aromatic heterocycles. The van der Waals surface area contributed by atoms with Crippen molar-refractivity contribution in [1.29, 1.82) is 0 Å². The number of anilines is 2. The molecule has 0 bridgehead atoms. The van der Waals surface area contributed by atoms with Crippen molar-refractivity contribution < 1.29 is 9.47 Å². The smallest absolute Gasteiger partial charge is 0.318 e. The maximum atomic E-state index is 6.29. The maximum Gasteiger partial charge on any atom is 0.318 e. The molecule has 44 heavy (non-hydrogen) atoms. The number of hydrogen-bond acceptors (Lipinski definition) is 9. The van der Waals surface area contributed by atoms with Gasteiger partial charge in [0, 0.05) is 64.9 Å². The summed E-state index contributed by atoms with van der Waals surface area (Å²) < 4.78 is 14.4. The number of piperazine rings is 1. The molecule has 5 heterocycles. The van der Waals surface area contributed by atoms with E-state index in [1.807, 2.05) is 10.9 Å². The van der Waals surface area contributed by atoms with Gasteiger partial charge in [-0.2, -0.15) is 15.1 Å². The highest BCUT2D eigenvalue weighted by Crippen LogP contribution is 2.36. The van der Waals surface area contributed by atoms with Crippen LogP contribution < -0.4 is 14.5 Å². The lowest BCUT2D eigenvalue weighted by molar-refractivity contribution is 0.0817. The Bertz CT molecular complexity index is 1410. The minimum absolute atomic E-state index is 0.485. The second-order valence-corrected chi connectivity index (χ2v) is 19.7. The average Bonchev–Trinajstić information content (AvgIpc) is 3.42. The summed E-state index contributed by atoms with van der Waals surface area (Å²) >= 11 is 0. The van der Waals surface area contributed by atoms with Gasteiger partial charge in [0.15, 0.2) is 0 Å². The van der Waals surface area contributed by atoms with Crippen LogP contribution in [0.1, 0.15) is 36.1 Å². The zero-order valence-corrected chi connectivity index (χ0v) is 28.6. The fraction of sp³-hybridized carbons (Fsp3) is 0.667. The van der Waals surface area contributed by atoms with Crippen molar-refractivity contribution in [3.05, 3.63) is 35.2 Å². The van der Waals surface area contributed by atoms with E-state index in [0.717, 1.165) is 81.9 Å². The molecule has 11 heteroatoms. The molecule has 6 rings (SSSR count). The second kappa shape index (κ2) is 13.7. The molecule has 2 saturated heterocycles. The van der Waals surface area contributed by atoms with Crippen LogP contribution in [0.15, 0.2) is 18.3 Å². The standard InChI is InChI=1S/C33H52N8O2Si/c1-26-9-10-30-28(23-34-41(30)25-42-21-22-44(3,4)5)31(26)40-14-11-27-29(24-40)35-33(43-20-19-38-12-7-6-8-13-38)36-32(27)39-17-15-37(2)16-18-39/h9-10,23H,6-8,11-22,24-25H2,1-5H3. The number of likely N-dealkylation sites (N-methyl/N-ethyl adjacent to an activating group) is 1. The second-order valence-electron chi connectivity index (χ2n) is 14.1. The Kier molecular flexibility index (Phi) is 9.75. The first kappa shape index (κ1) is 31.3. The van der Waals surface area contributed by atoms with Crippen molar-refractivity contribution in [2.75, 3.05) is 82.4 Å². The molecule has 0 N–H and O–H groups in total. The third-order valence-corrected chi connectivity index (χ3v) is 11.1. The zero-order chi connectivity index (χ0) is 30.7. The minimum atomic E-state index is -1.13. The Balaban J connectivity index is 1.23. The summed E-state index contributed by atoms with van der Waals surface area (Å²) in [6.45, 7) is 20.2. The summed E-state index contributed by atoms with van der Waals surface area (Å²) in [6, 6.07) is 6.09. The van der Waals surface area contributed by atoms with Gasteiger partial charge >= 0.3 is 6.01 Å². The van der Waals surface area contributed by atoms with Crippen LogP contribution in [-0.2, 0) is 24.4 Å². The summed E-state index contributed by atoms with van der Waals surface area (Å²) in [4.78, 5) is 19.9. The molecule has 0 amide bonds. The SMILES string of the molecule is Cc1ccc2c(cnn2COCC[Si](C)(C)C)c1N1CCc2c(nc(OCCN3CCCCC3)nc2N2CCN(C)CC2)C1. The Morgan fingerprint density at radius 3 is 2.45 bits per heavy atom. The molecular formula is C33H52N8O2Si. The third-order valence-electron chi connectivity index (χ3n) is 9.44. The Hall–Kier alpha value is -2.73. The van der Waals surface area contributed by atoms with Crippen LogP contribution in [0.2, 0.25) is 25.7 Å². The van der Waals surface area contributed by atoms with E-state index in [1.165, 1.54) is 54.6 Å². The largest absolute Gasteiger partial charge is 0.462 e. The van der Waals surface area contributed by atoms with Gasteiger partial charge in [0.2, 0.25) is 0 Å². The molecule has 3 aliphatic rings. The highest BCUT2D eigenvalue weighted by atomic mass is 28.3. The van der Waals surface area contributed by atoms with E-state index in [4.69, 9.17) is 24.5 Å². The summed E-state index contributed by atoms with van der Waals surface area (Å²) in [7, 11) is 1.07. The van der Waals surface area contributed by atoms with E-state index in [-0.39, 0.29) is 0 Å². The van der Waals surface area contributed by atoms with E-state index >= 15 is 0 Å². The Morgan fingerprint density at radius 2 is 1.68 bits per heavy atom. The number of aromatic nitrogens is 4. The first-order valence-electron chi connectivity index (χ1n) is 16.7. The van der Waals surface area contributed by atoms with Gasteiger partial charge in [-0.1, -0.05) is 32.1 Å². The number of hydrogen-bond donors (Lipinski definition) is 0. The highest BCUT2D eigenvalue weighted by Gasteiger charge is 2.29. The predicted molar refractivity (Wildman–Crippen MR) is 181 cm³/mol. The summed E-state index contributed by atoms with van der Waals surface area (Å²) in [6.07, 6.45) is 6.84. The lowest BCUT2D eigenvalue weighted by atomic mass is 10.0. The fourth-order valence-electron chi connectivity index (χ4n) is 6.67. The molecule has 0 atom stereocenters. The topological polar surface area (TPSA) is 75.0 Å². The molecule has 240 valence electrons. The fourth-order valence-corrected chi connectivity index (χ4v) is 7.43. The number of ether oxygens (including phenoxy) is 2. The maximum absolute atomic E-state index is 6.29. The molecule has 0 radical (unpaired) electrons. The number of fused-ring (bicyclic) bond motifs is 2. The van der Waals surface area contributed by atoms with Crippen molar-refractivity contribution >= 4 is 30.5 Å². The van der Waals surface area contributed by atoms with Crippen molar-refractivity contribution in [3.8, 4) is 6.01 Å². The number of nitrogens with zero attached hydrogens (tertiary/aromatic N) is 8. The van der Waals surface area contributed by atoms with E-state index in [1.54, 1.807) is 0 Å². The minimum Gasteiger partial charge on any atom is -0.462 e. The predicted octanol–water partition coefficient (Wildman–Crippen LogP) is 4.63. The molecule has 0 spiro atoms. The monoisotopic (exact) mass is 620 g/mol. The van der Waals surface area contributed by atoms with Crippen molar-refractivity contribution in [2.45, 2.75) is 71.6 Å². The van der Waals surface area contributed by atoms with E-state index in [2.05, 4.69) is 65.3 Å². The van der Waals surface area contributed by atoms with Crippen molar-refractivity contribution in [2.24, 2.45) is 0 Å². The first-order valence-corrected chi connectivity index (χ1v) is 20.4. The molecule has 1 aromatic carbocycles. The van der Waals surface area contributed by atoms with Gasteiger partial charge in [-0.25, -0.2) is 4.68 Å². The van der Waals surface area contributed by atoms with Gasteiger partial charge < -0.3 is 24.2 Å². The lowest BCUT2D eigenvalue weighted by Gasteiger charge is -2.37. The van der Waals surface area contributed by atoms with Crippen LogP contribution in [0, 0.1) is 6.92 Å². The number of likely N-dealkylation sites (tertiary alicyclic amines) is 1. The zero-order valence-electron chi connectivity index (χ0n) is 27.6. The Morgan fingerprint density at radius 1 is 0.886 bits per heavy atom. The number of benzene rings is 1. The molecule has 0 unspecified atom stereocenters.